The minimum Gasteiger partial charge on any atom is -0.356 e. The molecule has 0 bridgehead atoms. The van der Waals surface area contributed by atoms with Crippen LogP contribution in [0.5, 0.6) is 0 Å². The normalized spacial score (nSPS) is 19.3. The maximum Gasteiger partial charge on any atom is 0.416 e. The highest BCUT2D eigenvalue weighted by Gasteiger charge is 2.34. The Balaban J connectivity index is 2.12. The Hall–Kier alpha value is -1.63. The summed E-state index contributed by atoms with van der Waals surface area (Å²) in [6.07, 6.45) is -1.03. The fourth-order valence-electron chi connectivity index (χ4n) is 3.20. The largest absolute Gasteiger partial charge is 0.416 e. The number of rotatable bonds is 5. The molecule has 1 aromatic carbocycles. The van der Waals surface area contributed by atoms with Gasteiger partial charge in [0.1, 0.15) is 5.82 Å². The minimum atomic E-state index is -4.50. The monoisotopic (exact) mass is 346 g/mol. The molecule has 1 N–H and O–H groups in total. The highest BCUT2D eigenvalue weighted by atomic mass is 19.4. The summed E-state index contributed by atoms with van der Waals surface area (Å²) in [6.45, 7) is 2.67. The van der Waals surface area contributed by atoms with Crippen LogP contribution in [0.25, 0.3) is 0 Å². The summed E-state index contributed by atoms with van der Waals surface area (Å²) in [4.78, 5) is 12.9. The van der Waals surface area contributed by atoms with Gasteiger partial charge in [-0.1, -0.05) is 6.42 Å². The van der Waals surface area contributed by atoms with Crippen molar-refractivity contribution in [2.24, 2.45) is 0 Å². The smallest absolute Gasteiger partial charge is 0.356 e. The zero-order chi connectivity index (χ0) is 17.7. The van der Waals surface area contributed by atoms with E-state index in [4.69, 9.17) is 0 Å². The lowest BCUT2D eigenvalue weighted by Gasteiger charge is -2.36. The van der Waals surface area contributed by atoms with Crippen LogP contribution in [0.3, 0.4) is 0 Å². The number of carbonyl (C=O) groups excluding carboxylic acids is 1. The van der Waals surface area contributed by atoms with Crippen molar-refractivity contribution >= 4 is 5.91 Å². The van der Waals surface area contributed by atoms with Crippen molar-refractivity contribution < 1.29 is 22.4 Å². The lowest BCUT2D eigenvalue weighted by atomic mass is 9.97. The summed E-state index contributed by atoms with van der Waals surface area (Å²) in [5.74, 6) is -0.786. The van der Waals surface area contributed by atoms with E-state index in [0.717, 1.165) is 37.5 Å². The van der Waals surface area contributed by atoms with Crippen molar-refractivity contribution in [3.63, 3.8) is 0 Å². The van der Waals surface area contributed by atoms with Crippen molar-refractivity contribution in [3.05, 3.63) is 35.1 Å². The molecule has 0 saturated carbocycles. The highest BCUT2D eigenvalue weighted by Crippen LogP contribution is 2.34. The molecule has 1 aliphatic heterocycles. The second kappa shape index (κ2) is 7.96. The van der Waals surface area contributed by atoms with E-state index in [9.17, 15) is 22.4 Å². The van der Waals surface area contributed by atoms with Crippen molar-refractivity contribution in [2.75, 3.05) is 13.1 Å². The van der Waals surface area contributed by atoms with Crippen molar-refractivity contribution in [1.29, 1.82) is 0 Å². The van der Waals surface area contributed by atoms with E-state index in [1.165, 1.54) is 6.92 Å². The summed E-state index contributed by atoms with van der Waals surface area (Å²) >= 11 is 0. The molecule has 0 unspecified atom stereocenters. The van der Waals surface area contributed by atoms with Gasteiger partial charge in [-0.3, -0.25) is 9.69 Å². The Bertz CT molecular complexity index is 574. The highest BCUT2D eigenvalue weighted by molar-refractivity contribution is 5.72. The van der Waals surface area contributed by atoms with Crippen LogP contribution in [0, 0.1) is 5.82 Å². The molecule has 134 valence electrons. The zero-order valence-electron chi connectivity index (χ0n) is 13.6. The van der Waals surface area contributed by atoms with E-state index in [1.807, 2.05) is 4.90 Å². The predicted molar refractivity (Wildman–Crippen MR) is 82.8 cm³/mol. The molecule has 1 fully saturated rings. The van der Waals surface area contributed by atoms with Gasteiger partial charge in [-0.25, -0.2) is 4.39 Å². The first-order chi connectivity index (χ1) is 11.3. The third-order valence-corrected chi connectivity index (χ3v) is 4.35. The summed E-state index contributed by atoms with van der Waals surface area (Å²) in [5.41, 5.74) is -0.816. The van der Waals surface area contributed by atoms with Crippen LogP contribution in [0.1, 0.15) is 43.7 Å². The SMILES string of the molecule is CC(=O)NCC[C@@H]1CCCCN1Cc1cc(F)ccc1C(F)(F)F. The van der Waals surface area contributed by atoms with Gasteiger partial charge in [-0.15, -0.1) is 0 Å². The molecule has 1 heterocycles. The van der Waals surface area contributed by atoms with Gasteiger partial charge < -0.3 is 5.32 Å². The zero-order valence-corrected chi connectivity index (χ0v) is 13.6. The first-order valence-electron chi connectivity index (χ1n) is 8.11. The third kappa shape index (κ3) is 5.19. The summed E-state index contributed by atoms with van der Waals surface area (Å²) in [6, 6.07) is 2.72. The van der Waals surface area contributed by atoms with Crippen molar-refractivity contribution in [2.45, 2.75) is 51.4 Å². The van der Waals surface area contributed by atoms with Crippen LogP contribution in [0.4, 0.5) is 17.6 Å². The number of hydrogen-bond donors (Lipinski definition) is 1. The molecule has 1 aromatic rings. The molecule has 0 aliphatic carbocycles. The van der Waals surface area contributed by atoms with E-state index in [-0.39, 0.29) is 24.1 Å². The van der Waals surface area contributed by atoms with Crippen LogP contribution in [0.2, 0.25) is 0 Å². The summed E-state index contributed by atoms with van der Waals surface area (Å²) < 4.78 is 52.8. The van der Waals surface area contributed by atoms with E-state index in [1.54, 1.807) is 0 Å². The van der Waals surface area contributed by atoms with Gasteiger partial charge in [0.25, 0.3) is 0 Å². The van der Waals surface area contributed by atoms with Crippen molar-refractivity contribution in [3.8, 4) is 0 Å². The van der Waals surface area contributed by atoms with Gasteiger partial charge in [0.2, 0.25) is 5.91 Å². The minimum absolute atomic E-state index is 0.0334. The fraction of sp³-hybridized carbons (Fsp3) is 0.588. The molecule has 3 nitrogen and oxygen atoms in total. The lowest BCUT2D eigenvalue weighted by Crippen LogP contribution is -2.41. The average Bonchev–Trinajstić information content (AvgIpc) is 2.47. The van der Waals surface area contributed by atoms with Crippen LogP contribution < -0.4 is 5.32 Å². The Kier molecular flexibility index (Phi) is 6.21. The Morgan fingerprint density at radius 3 is 2.75 bits per heavy atom. The van der Waals surface area contributed by atoms with Crippen LogP contribution in [0.15, 0.2) is 18.2 Å². The summed E-state index contributed by atoms with van der Waals surface area (Å²) in [5, 5.41) is 2.72. The average molecular weight is 346 g/mol. The number of nitrogens with zero attached hydrogens (tertiary/aromatic N) is 1. The third-order valence-electron chi connectivity index (χ3n) is 4.35. The topological polar surface area (TPSA) is 32.3 Å². The Morgan fingerprint density at radius 1 is 1.33 bits per heavy atom. The molecule has 1 saturated heterocycles. The van der Waals surface area contributed by atoms with Gasteiger partial charge >= 0.3 is 6.18 Å². The Labute approximate surface area is 139 Å². The molecule has 24 heavy (non-hydrogen) atoms. The molecule has 7 heteroatoms. The van der Waals surface area contributed by atoms with Gasteiger partial charge in [-0.05, 0) is 49.6 Å². The van der Waals surface area contributed by atoms with E-state index >= 15 is 0 Å². The number of halogens is 4. The first-order valence-corrected chi connectivity index (χ1v) is 8.11. The standard InChI is InChI=1S/C17H22F4N2O/c1-12(24)22-8-7-15-4-2-3-9-23(15)11-13-10-14(18)5-6-16(13)17(19,20)21/h5-6,10,15H,2-4,7-9,11H2,1H3,(H,22,24)/t15-/m0/s1. The number of likely N-dealkylation sites (tertiary alicyclic amines) is 1. The van der Waals surface area contributed by atoms with Gasteiger partial charge in [-0.2, -0.15) is 13.2 Å². The molecule has 0 aromatic heterocycles. The fourth-order valence-corrected chi connectivity index (χ4v) is 3.20. The second-order valence-corrected chi connectivity index (χ2v) is 6.19. The number of piperidine rings is 1. The first kappa shape index (κ1) is 18.7. The van der Waals surface area contributed by atoms with Gasteiger partial charge in [0, 0.05) is 26.1 Å². The molecule has 0 spiro atoms. The van der Waals surface area contributed by atoms with Gasteiger partial charge in [0.15, 0.2) is 0 Å². The molecule has 1 aliphatic rings. The molecular formula is C17H22F4N2O. The Morgan fingerprint density at radius 2 is 2.08 bits per heavy atom. The number of hydrogen-bond acceptors (Lipinski definition) is 2. The van der Waals surface area contributed by atoms with E-state index in [2.05, 4.69) is 5.32 Å². The van der Waals surface area contributed by atoms with E-state index in [0.29, 0.717) is 19.5 Å². The van der Waals surface area contributed by atoms with Crippen LogP contribution in [-0.4, -0.2) is 29.9 Å². The quantitative estimate of drug-likeness (QED) is 0.824. The van der Waals surface area contributed by atoms with E-state index < -0.39 is 17.6 Å². The van der Waals surface area contributed by atoms with Crippen LogP contribution in [-0.2, 0) is 17.5 Å². The predicted octanol–water partition coefficient (Wildman–Crippen LogP) is 3.73. The number of alkyl halides is 3. The molecule has 0 radical (unpaired) electrons. The van der Waals surface area contributed by atoms with Gasteiger partial charge in [0.05, 0.1) is 5.56 Å². The number of benzene rings is 1. The van der Waals surface area contributed by atoms with Crippen LogP contribution >= 0.6 is 0 Å². The number of carbonyl (C=O) groups is 1. The number of amides is 1. The summed E-state index contributed by atoms with van der Waals surface area (Å²) in [7, 11) is 0. The lowest BCUT2D eigenvalue weighted by molar-refractivity contribution is -0.138. The molecule has 2 rings (SSSR count). The molecule has 1 atom stereocenters. The maximum absolute atomic E-state index is 13.4. The molecule has 1 amide bonds. The molecular weight excluding hydrogens is 324 g/mol. The van der Waals surface area contributed by atoms with Crippen molar-refractivity contribution in [1.82, 2.24) is 10.2 Å². The number of nitrogens with one attached hydrogen (secondary N) is 1. The second-order valence-electron chi connectivity index (χ2n) is 6.19. The maximum atomic E-state index is 13.4.